The molecular weight excluding hydrogens is 265 g/mol. The van der Waals surface area contributed by atoms with E-state index in [0.29, 0.717) is 0 Å². The van der Waals surface area contributed by atoms with Gasteiger partial charge < -0.3 is 10.1 Å². The fourth-order valence-electron chi connectivity index (χ4n) is 1.13. The fraction of sp³-hybridized carbons (Fsp3) is 0.250. The summed E-state index contributed by atoms with van der Waals surface area (Å²) in [5, 5.41) is 18.9. The molecule has 5 nitrogen and oxygen atoms in total. The SMILES string of the molecule is N#Cc1c(C(F)(F)F)cc(C(F)F)nc1[N+](=O)[O-]. The second-order valence-corrected chi connectivity index (χ2v) is 2.96. The number of pyridine rings is 1. The van der Waals surface area contributed by atoms with Crippen LogP contribution in [0.3, 0.4) is 0 Å². The molecule has 0 fully saturated rings. The van der Waals surface area contributed by atoms with Crippen LogP contribution in [0.2, 0.25) is 0 Å². The van der Waals surface area contributed by atoms with Crippen molar-refractivity contribution in [3.63, 3.8) is 0 Å². The minimum Gasteiger partial charge on any atom is -0.358 e. The molecule has 0 spiro atoms. The Morgan fingerprint density at radius 1 is 1.44 bits per heavy atom. The first-order chi connectivity index (χ1) is 8.18. The Morgan fingerprint density at radius 3 is 2.33 bits per heavy atom. The molecule has 1 aromatic heterocycles. The molecule has 1 aromatic rings. The van der Waals surface area contributed by atoms with Crippen molar-refractivity contribution in [2.75, 3.05) is 0 Å². The summed E-state index contributed by atoms with van der Waals surface area (Å²) in [5.74, 6) is -1.54. The topological polar surface area (TPSA) is 79.8 Å². The molecule has 1 rings (SSSR count). The van der Waals surface area contributed by atoms with Crippen molar-refractivity contribution >= 4 is 5.82 Å². The van der Waals surface area contributed by atoms with Gasteiger partial charge in [0.15, 0.2) is 5.56 Å². The lowest BCUT2D eigenvalue weighted by atomic mass is 10.1. The Labute approximate surface area is 95.6 Å². The van der Waals surface area contributed by atoms with Gasteiger partial charge in [-0.2, -0.15) is 18.4 Å². The lowest BCUT2D eigenvalue weighted by Gasteiger charge is -2.08. The molecule has 1 heterocycles. The highest BCUT2D eigenvalue weighted by molar-refractivity contribution is 5.51. The molecule has 0 saturated carbocycles. The second-order valence-electron chi connectivity index (χ2n) is 2.96. The van der Waals surface area contributed by atoms with Crippen LogP contribution in [0.15, 0.2) is 6.07 Å². The molecule has 96 valence electrons. The largest absolute Gasteiger partial charge is 0.418 e. The Morgan fingerprint density at radius 2 is 2.00 bits per heavy atom. The minimum absolute atomic E-state index is 0.0732. The number of rotatable bonds is 2. The van der Waals surface area contributed by atoms with Crippen molar-refractivity contribution < 1.29 is 26.9 Å². The lowest BCUT2D eigenvalue weighted by Crippen LogP contribution is -2.12. The van der Waals surface area contributed by atoms with E-state index in [0.717, 1.165) is 6.07 Å². The summed E-state index contributed by atoms with van der Waals surface area (Å²) in [6.07, 6.45) is -8.58. The molecule has 0 unspecified atom stereocenters. The quantitative estimate of drug-likeness (QED) is 0.468. The van der Waals surface area contributed by atoms with Crippen LogP contribution in [0.25, 0.3) is 0 Å². The van der Waals surface area contributed by atoms with Crippen molar-refractivity contribution in [2.45, 2.75) is 12.6 Å². The smallest absolute Gasteiger partial charge is 0.358 e. The van der Waals surface area contributed by atoms with Gasteiger partial charge in [0, 0.05) is 6.07 Å². The first kappa shape index (κ1) is 13.8. The summed E-state index contributed by atoms with van der Waals surface area (Å²) in [5.41, 5.74) is -4.60. The molecule has 0 amide bonds. The van der Waals surface area contributed by atoms with Crippen LogP contribution in [0.5, 0.6) is 0 Å². The van der Waals surface area contributed by atoms with Crippen LogP contribution in [-0.2, 0) is 6.18 Å². The number of alkyl halides is 5. The standard InChI is InChI=1S/C8H2F5N3O2/c9-6(10)5-1-4(8(11,12)13)3(2-14)7(15-5)16(17)18/h1,6H. The minimum atomic E-state index is -5.16. The average molecular weight is 267 g/mol. The maximum absolute atomic E-state index is 12.5. The maximum Gasteiger partial charge on any atom is 0.418 e. The molecule has 0 aliphatic rings. The summed E-state index contributed by atoms with van der Waals surface area (Å²) in [6, 6.07) is 0.876. The highest BCUT2D eigenvalue weighted by Gasteiger charge is 2.40. The summed E-state index contributed by atoms with van der Waals surface area (Å²) in [7, 11) is 0. The first-order valence-corrected chi connectivity index (χ1v) is 4.13. The predicted molar refractivity (Wildman–Crippen MR) is 45.6 cm³/mol. The van der Waals surface area contributed by atoms with Gasteiger partial charge in [0.25, 0.3) is 0 Å². The number of hydrogen-bond donors (Lipinski definition) is 0. The van der Waals surface area contributed by atoms with E-state index in [2.05, 4.69) is 4.98 Å². The van der Waals surface area contributed by atoms with Gasteiger partial charge >= 0.3 is 18.4 Å². The zero-order valence-corrected chi connectivity index (χ0v) is 8.20. The monoisotopic (exact) mass is 267 g/mol. The third kappa shape index (κ3) is 2.50. The van der Waals surface area contributed by atoms with Crippen LogP contribution in [0, 0.1) is 21.4 Å². The van der Waals surface area contributed by atoms with E-state index in [1.807, 2.05) is 0 Å². The number of nitriles is 1. The Kier molecular flexibility index (Phi) is 3.45. The molecule has 0 atom stereocenters. The van der Waals surface area contributed by atoms with Crippen LogP contribution >= 0.6 is 0 Å². The first-order valence-electron chi connectivity index (χ1n) is 4.13. The molecule has 18 heavy (non-hydrogen) atoms. The van der Waals surface area contributed by atoms with E-state index in [1.54, 1.807) is 0 Å². The molecule has 10 heteroatoms. The molecular formula is C8H2F5N3O2. The van der Waals surface area contributed by atoms with Gasteiger partial charge in [-0.15, -0.1) is 0 Å². The van der Waals surface area contributed by atoms with Gasteiger partial charge in [0.05, 0.1) is 5.56 Å². The lowest BCUT2D eigenvalue weighted by molar-refractivity contribution is -0.390. The number of aromatic nitrogens is 1. The molecule has 0 bridgehead atoms. The van der Waals surface area contributed by atoms with Crippen LogP contribution in [0.4, 0.5) is 27.8 Å². The molecule has 0 saturated heterocycles. The zero-order chi connectivity index (χ0) is 14.1. The normalized spacial score (nSPS) is 11.4. The van der Waals surface area contributed by atoms with Gasteiger partial charge in [0.1, 0.15) is 6.07 Å². The number of hydrogen-bond acceptors (Lipinski definition) is 4. The van der Waals surface area contributed by atoms with Crippen molar-refractivity contribution in [2.24, 2.45) is 0 Å². The predicted octanol–water partition coefficient (Wildman–Crippen LogP) is 2.82. The van der Waals surface area contributed by atoms with E-state index >= 15 is 0 Å². The zero-order valence-electron chi connectivity index (χ0n) is 8.20. The summed E-state index contributed by atoms with van der Waals surface area (Å²) in [4.78, 5) is 11.7. The van der Waals surface area contributed by atoms with Crippen LogP contribution in [0.1, 0.15) is 23.2 Å². The van der Waals surface area contributed by atoms with E-state index in [4.69, 9.17) is 5.26 Å². The Hall–Kier alpha value is -2.31. The van der Waals surface area contributed by atoms with Crippen molar-refractivity contribution in [1.29, 1.82) is 5.26 Å². The third-order valence-electron chi connectivity index (χ3n) is 1.83. The van der Waals surface area contributed by atoms with Gasteiger partial charge in [-0.25, -0.2) is 8.78 Å². The highest BCUT2D eigenvalue weighted by Crippen LogP contribution is 2.36. The van der Waals surface area contributed by atoms with Crippen molar-refractivity contribution in [3.8, 4) is 6.07 Å². The van der Waals surface area contributed by atoms with Gasteiger partial charge in [-0.05, 0) is 9.91 Å². The second kappa shape index (κ2) is 4.52. The van der Waals surface area contributed by atoms with Gasteiger partial charge in [-0.3, -0.25) is 0 Å². The molecule has 0 aliphatic heterocycles. The van der Waals surface area contributed by atoms with Crippen molar-refractivity contribution in [1.82, 2.24) is 4.98 Å². The Balaban J connectivity index is 3.69. The third-order valence-corrected chi connectivity index (χ3v) is 1.83. The summed E-state index contributed by atoms with van der Waals surface area (Å²) < 4.78 is 62.0. The van der Waals surface area contributed by atoms with E-state index in [1.165, 1.54) is 0 Å². The maximum atomic E-state index is 12.5. The molecule has 0 N–H and O–H groups in total. The average Bonchev–Trinajstić information content (AvgIpc) is 2.25. The van der Waals surface area contributed by atoms with Gasteiger partial charge in [0.2, 0.25) is 5.69 Å². The van der Waals surface area contributed by atoms with E-state index in [9.17, 15) is 32.1 Å². The van der Waals surface area contributed by atoms with Crippen molar-refractivity contribution in [3.05, 3.63) is 33.0 Å². The molecule has 0 radical (unpaired) electrons. The molecule has 0 aliphatic carbocycles. The number of halogens is 5. The van der Waals surface area contributed by atoms with E-state index in [-0.39, 0.29) is 6.07 Å². The van der Waals surface area contributed by atoms with Gasteiger partial charge in [-0.1, -0.05) is 0 Å². The number of nitrogens with zero attached hydrogens (tertiary/aromatic N) is 3. The fourth-order valence-corrected chi connectivity index (χ4v) is 1.13. The Bertz CT molecular complexity index is 535. The summed E-state index contributed by atoms with van der Waals surface area (Å²) >= 11 is 0. The van der Waals surface area contributed by atoms with E-state index < -0.39 is 40.2 Å². The molecule has 0 aromatic carbocycles. The summed E-state index contributed by atoms with van der Waals surface area (Å²) in [6.45, 7) is 0. The number of nitro groups is 1. The highest BCUT2D eigenvalue weighted by atomic mass is 19.4. The van der Waals surface area contributed by atoms with Crippen LogP contribution in [-0.4, -0.2) is 9.91 Å². The van der Waals surface area contributed by atoms with Crippen LogP contribution < -0.4 is 0 Å².